The van der Waals surface area contributed by atoms with Crippen LogP contribution in [0.4, 0.5) is 5.69 Å². The summed E-state index contributed by atoms with van der Waals surface area (Å²) in [7, 11) is 0. The van der Waals surface area contributed by atoms with E-state index >= 15 is 0 Å². The largest absolute Gasteiger partial charge is 0.357 e. The van der Waals surface area contributed by atoms with Crippen LogP contribution in [0.5, 0.6) is 0 Å². The van der Waals surface area contributed by atoms with Gasteiger partial charge in [0.1, 0.15) is 0 Å². The summed E-state index contributed by atoms with van der Waals surface area (Å²) in [4.78, 5) is 16.7. The zero-order valence-electron chi connectivity index (χ0n) is 13.8. The molecular weight excluding hydrogens is 288 g/mol. The van der Waals surface area contributed by atoms with Crippen molar-refractivity contribution < 1.29 is 4.79 Å². The molecule has 0 atom stereocenters. The monoisotopic (exact) mass is 314 g/mol. The predicted molar refractivity (Wildman–Crippen MR) is 93.4 cm³/mol. The summed E-state index contributed by atoms with van der Waals surface area (Å²) in [6.07, 6.45) is 5.68. The summed E-state index contributed by atoms with van der Waals surface area (Å²) in [6.45, 7) is 3.53. The Balaban J connectivity index is 1.58. The Hall–Kier alpha value is -2.04. The van der Waals surface area contributed by atoms with Crippen LogP contribution >= 0.6 is 0 Å². The van der Waals surface area contributed by atoms with Crippen molar-refractivity contribution in [3.05, 3.63) is 29.8 Å². The number of hydrogen-bond acceptors (Lipinski definition) is 2. The maximum Gasteiger partial charge on any atom is 0.227 e. The van der Waals surface area contributed by atoms with Crippen LogP contribution in [0, 0.1) is 5.92 Å². The van der Waals surface area contributed by atoms with Gasteiger partial charge < -0.3 is 16.0 Å². The van der Waals surface area contributed by atoms with Crippen LogP contribution < -0.4 is 16.0 Å². The number of guanidine groups is 1. The van der Waals surface area contributed by atoms with Gasteiger partial charge in [0.05, 0.1) is 6.54 Å². The lowest BCUT2D eigenvalue weighted by Crippen LogP contribution is -2.38. The number of carbonyl (C=O) groups excluding carboxylic acids is 1. The van der Waals surface area contributed by atoms with Crippen LogP contribution in [-0.4, -0.2) is 24.5 Å². The average molecular weight is 314 g/mol. The van der Waals surface area contributed by atoms with Gasteiger partial charge in [-0.15, -0.1) is 0 Å². The zero-order chi connectivity index (χ0) is 16.1. The normalized spacial score (nSPS) is 18.2. The second-order valence-electron chi connectivity index (χ2n) is 6.43. The van der Waals surface area contributed by atoms with E-state index in [0.717, 1.165) is 36.6 Å². The van der Waals surface area contributed by atoms with Crippen LogP contribution in [0.15, 0.2) is 29.3 Å². The maximum absolute atomic E-state index is 12.0. The fraction of sp³-hybridized carbons (Fsp3) is 0.556. The summed E-state index contributed by atoms with van der Waals surface area (Å²) in [5, 5.41) is 9.70. The summed E-state index contributed by atoms with van der Waals surface area (Å²) in [6, 6.07) is 8.56. The van der Waals surface area contributed by atoms with Gasteiger partial charge in [-0.2, -0.15) is 0 Å². The smallest absolute Gasteiger partial charge is 0.227 e. The molecule has 3 N–H and O–H groups in total. The molecule has 1 amide bonds. The molecule has 0 bridgehead atoms. The van der Waals surface area contributed by atoms with Crippen molar-refractivity contribution in [2.24, 2.45) is 10.9 Å². The van der Waals surface area contributed by atoms with Gasteiger partial charge >= 0.3 is 0 Å². The molecule has 0 spiro atoms. The predicted octanol–water partition coefficient (Wildman–Crippen LogP) is 2.64. The lowest BCUT2D eigenvalue weighted by molar-refractivity contribution is -0.122. The molecule has 124 valence electrons. The summed E-state index contributed by atoms with van der Waals surface area (Å²) in [5.74, 6) is 1.24. The van der Waals surface area contributed by atoms with Gasteiger partial charge in [0.25, 0.3) is 0 Å². The van der Waals surface area contributed by atoms with E-state index in [1.165, 1.54) is 19.3 Å². The Labute approximate surface area is 138 Å². The number of rotatable bonds is 6. The molecule has 0 radical (unpaired) electrons. The first-order valence-corrected chi connectivity index (χ1v) is 8.69. The number of amides is 1. The number of nitrogens with zero attached hydrogens (tertiary/aromatic N) is 1. The highest BCUT2D eigenvalue weighted by Gasteiger charge is 2.25. The molecule has 3 rings (SSSR count). The van der Waals surface area contributed by atoms with Crippen LogP contribution in [-0.2, 0) is 11.3 Å². The van der Waals surface area contributed by atoms with E-state index in [0.29, 0.717) is 12.6 Å². The number of hydrogen-bond donors (Lipinski definition) is 3. The minimum atomic E-state index is 0.153. The third kappa shape index (κ3) is 4.71. The SMILES string of the molecule is CCNC(=NCc1cccc(NC(=O)C2CCC2)c1)NC1CC1. The average Bonchev–Trinajstić information content (AvgIpc) is 3.27. The van der Waals surface area contributed by atoms with E-state index in [9.17, 15) is 4.79 Å². The van der Waals surface area contributed by atoms with E-state index in [-0.39, 0.29) is 11.8 Å². The Morgan fingerprint density at radius 3 is 2.74 bits per heavy atom. The molecule has 2 aliphatic carbocycles. The first-order valence-electron chi connectivity index (χ1n) is 8.69. The Morgan fingerprint density at radius 2 is 2.09 bits per heavy atom. The molecule has 0 saturated heterocycles. The third-order valence-corrected chi connectivity index (χ3v) is 4.35. The lowest BCUT2D eigenvalue weighted by atomic mass is 9.85. The van der Waals surface area contributed by atoms with Gasteiger partial charge in [-0.1, -0.05) is 18.6 Å². The van der Waals surface area contributed by atoms with Gasteiger partial charge in [0, 0.05) is 24.2 Å². The fourth-order valence-electron chi connectivity index (χ4n) is 2.57. The van der Waals surface area contributed by atoms with Gasteiger partial charge in [0.15, 0.2) is 5.96 Å². The number of anilines is 1. The molecule has 2 aliphatic rings. The first-order chi connectivity index (χ1) is 11.2. The minimum absolute atomic E-state index is 0.153. The molecule has 5 heteroatoms. The molecule has 5 nitrogen and oxygen atoms in total. The molecule has 2 fully saturated rings. The second kappa shape index (κ2) is 7.49. The van der Waals surface area contributed by atoms with Crippen molar-refractivity contribution in [2.75, 3.05) is 11.9 Å². The van der Waals surface area contributed by atoms with Crippen LogP contribution in [0.2, 0.25) is 0 Å². The van der Waals surface area contributed by atoms with Crippen molar-refractivity contribution in [1.82, 2.24) is 10.6 Å². The molecule has 23 heavy (non-hydrogen) atoms. The third-order valence-electron chi connectivity index (χ3n) is 4.35. The molecule has 2 saturated carbocycles. The molecule has 1 aromatic carbocycles. The lowest BCUT2D eigenvalue weighted by Gasteiger charge is -2.24. The van der Waals surface area contributed by atoms with Gasteiger partial charge in [-0.05, 0) is 50.3 Å². The zero-order valence-corrected chi connectivity index (χ0v) is 13.8. The van der Waals surface area contributed by atoms with Gasteiger partial charge in [-0.25, -0.2) is 4.99 Å². The Kier molecular flexibility index (Phi) is 5.16. The highest BCUT2D eigenvalue weighted by molar-refractivity contribution is 5.93. The van der Waals surface area contributed by atoms with Gasteiger partial charge in [-0.3, -0.25) is 4.79 Å². The van der Waals surface area contributed by atoms with Crippen LogP contribution in [0.25, 0.3) is 0 Å². The van der Waals surface area contributed by atoms with E-state index < -0.39 is 0 Å². The standard InChI is InChI=1S/C18H26N4O/c1-2-19-18(22-15-9-10-15)20-12-13-5-3-8-16(11-13)21-17(23)14-6-4-7-14/h3,5,8,11,14-15H,2,4,6-7,9-10,12H2,1H3,(H,21,23)(H2,19,20,22). The van der Waals surface area contributed by atoms with Crippen molar-refractivity contribution in [2.45, 2.75) is 51.6 Å². The number of aliphatic imine (C=N–C) groups is 1. The second-order valence-corrected chi connectivity index (χ2v) is 6.43. The number of benzene rings is 1. The quantitative estimate of drug-likeness (QED) is 0.558. The Bertz CT molecular complexity index is 576. The van der Waals surface area contributed by atoms with Gasteiger partial charge in [0.2, 0.25) is 5.91 Å². The first kappa shape index (κ1) is 15.8. The number of carbonyl (C=O) groups is 1. The topological polar surface area (TPSA) is 65.5 Å². The highest BCUT2D eigenvalue weighted by Crippen LogP contribution is 2.27. The highest BCUT2D eigenvalue weighted by atomic mass is 16.1. The minimum Gasteiger partial charge on any atom is -0.357 e. The van der Waals surface area contributed by atoms with Crippen molar-refractivity contribution in [3.63, 3.8) is 0 Å². The molecular formula is C18H26N4O. The maximum atomic E-state index is 12.0. The van der Waals surface area contributed by atoms with Crippen LogP contribution in [0.1, 0.15) is 44.6 Å². The van der Waals surface area contributed by atoms with Crippen molar-refractivity contribution in [1.29, 1.82) is 0 Å². The van der Waals surface area contributed by atoms with E-state index in [2.05, 4.69) is 27.9 Å². The molecule has 0 aliphatic heterocycles. The van der Waals surface area contributed by atoms with Crippen molar-refractivity contribution >= 4 is 17.6 Å². The molecule has 0 unspecified atom stereocenters. The molecule has 1 aromatic rings. The fourth-order valence-corrected chi connectivity index (χ4v) is 2.57. The Morgan fingerprint density at radius 1 is 1.26 bits per heavy atom. The molecule has 0 aromatic heterocycles. The van der Waals surface area contributed by atoms with Crippen molar-refractivity contribution in [3.8, 4) is 0 Å². The van der Waals surface area contributed by atoms with Crippen LogP contribution in [0.3, 0.4) is 0 Å². The van der Waals surface area contributed by atoms with E-state index in [4.69, 9.17) is 0 Å². The summed E-state index contributed by atoms with van der Waals surface area (Å²) < 4.78 is 0. The number of nitrogens with one attached hydrogen (secondary N) is 3. The van der Waals surface area contributed by atoms with E-state index in [1.54, 1.807) is 0 Å². The molecule has 0 heterocycles. The van der Waals surface area contributed by atoms with E-state index in [1.807, 2.05) is 24.3 Å². The summed E-state index contributed by atoms with van der Waals surface area (Å²) >= 11 is 0. The summed E-state index contributed by atoms with van der Waals surface area (Å²) in [5.41, 5.74) is 1.97.